The van der Waals surface area contributed by atoms with E-state index >= 15 is 0 Å². The number of hydrogen-bond donors (Lipinski definition) is 3. The maximum absolute atomic E-state index is 11.5. The number of nitrogens with one attached hydrogen (secondary N) is 3. The van der Waals surface area contributed by atoms with Gasteiger partial charge in [0, 0.05) is 18.2 Å². The van der Waals surface area contributed by atoms with Gasteiger partial charge >= 0.3 is 17.9 Å². The standard InChI is InChI=1S/C27H54B3N3O9Si3/c1-13-25(34)37-16-19-40-43(7,8)22(4)28-31-29(23(5)44(9,10)41-20-17-38-26(35)14-2)33-30(32-28)24(6)45(11,12)42-21-18-39-27(36)15-3/h13-15,22-24,31-33H,1-3,16-21H2,4-12H3. The van der Waals surface area contributed by atoms with Crippen molar-refractivity contribution in [2.24, 2.45) is 0 Å². The van der Waals surface area contributed by atoms with E-state index in [9.17, 15) is 14.4 Å². The molecule has 252 valence electrons. The third-order valence-corrected chi connectivity index (χ3v) is 19.2. The third-order valence-electron chi connectivity index (χ3n) is 8.77. The van der Waals surface area contributed by atoms with E-state index in [1.807, 2.05) is 0 Å². The summed E-state index contributed by atoms with van der Waals surface area (Å²) in [6.07, 6.45) is 3.42. The smallest absolute Gasteiger partial charge is 0.330 e. The Labute approximate surface area is 274 Å². The molecule has 1 aliphatic rings. The summed E-state index contributed by atoms with van der Waals surface area (Å²) in [6, 6.07) is 0. The van der Waals surface area contributed by atoms with Crippen molar-refractivity contribution in [1.82, 2.24) is 15.4 Å². The summed E-state index contributed by atoms with van der Waals surface area (Å²) in [5.74, 6) is -1.41. The molecule has 0 aromatic rings. The van der Waals surface area contributed by atoms with Crippen LogP contribution in [-0.2, 0) is 41.9 Å². The molecule has 0 aromatic heterocycles. The molecule has 3 unspecified atom stereocenters. The Morgan fingerprint density at radius 3 is 0.956 bits per heavy atom. The fourth-order valence-corrected chi connectivity index (χ4v) is 10.3. The molecule has 45 heavy (non-hydrogen) atoms. The minimum absolute atomic E-state index is 0.0970. The zero-order valence-electron chi connectivity index (χ0n) is 28.7. The quantitative estimate of drug-likeness (QED) is 0.0539. The van der Waals surface area contributed by atoms with Crippen LogP contribution in [0.5, 0.6) is 0 Å². The molecule has 0 aromatic carbocycles. The molecule has 0 amide bonds. The van der Waals surface area contributed by atoms with Gasteiger partial charge in [-0.05, 0) is 55.6 Å². The lowest BCUT2D eigenvalue weighted by molar-refractivity contribution is -0.139. The fraction of sp³-hybridized carbons (Fsp3) is 0.667. The lowest BCUT2D eigenvalue weighted by Gasteiger charge is -2.46. The van der Waals surface area contributed by atoms with Gasteiger partial charge in [0.25, 0.3) is 20.9 Å². The minimum atomic E-state index is -2.30. The summed E-state index contributed by atoms with van der Waals surface area (Å²) < 4.78 is 34.4. The van der Waals surface area contributed by atoms with Gasteiger partial charge in [-0.2, -0.15) is 0 Å². The minimum Gasteiger partial charge on any atom is -0.460 e. The van der Waals surface area contributed by atoms with Gasteiger partial charge in [0.05, 0.1) is 19.8 Å². The van der Waals surface area contributed by atoms with Gasteiger partial charge in [0.15, 0.2) is 25.0 Å². The van der Waals surface area contributed by atoms with Crippen molar-refractivity contribution in [3.8, 4) is 0 Å². The Balaban J connectivity index is 3.13. The Morgan fingerprint density at radius 1 is 0.533 bits per heavy atom. The predicted octanol–water partition coefficient (Wildman–Crippen LogP) is 2.87. The first kappa shape index (κ1) is 41.3. The molecule has 0 saturated carbocycles. The summed E-state index contributed by atoms with van der Waals surface area (Å²) >= 11 is 0. The summed E-state index contributed by atoms with van der Waals surface area (Å²) in [4.78, 5) is 34.4. The first-order valence-electron chi connectivity index (χ1n) is 15.5. The molecule has 3 N–H and O–H groups in total. The van der Waals surface area contributed by atoms with Crippen LogP contribution in [0.2, 0.25) is 55.6 Å². The topological polar surface area (TPSA) is 143 Å². The molecule has 0 spiro atoms. The highest BCUT2D eigenvalue weighted by Gasteiger charge is 2.52. The van der Waals surface area contributed by atoms with E-state index < -0.39 is 42.9 Å². The van der Waals surface area contributed by atoms with Crippen molar-refractivity contribution >= 4 is 63.8 Å². The van der Waals surface area contributed by atoms with E-state index in [1.54, 1.807) is 0 Å². The molecule has 12 nitrogen and oxygen atoms in total. The summed E-state index contributed by atoms with van der Waals surface area (Å²) in [5, 5.41) is 11.4. The van der Waals surface area contributed by atoms with Gasteiger partial charge in [0.1, 0.15) is 19.8 Å². The number of carbonyl (C=O) groups is 3. The van der Waals surface area contributed by atoms with Crippen LogP contribution in [0, 0.1) is 0 Å². The van der Waals surface area contributed by atoms with Crippen molar-refractivity contribution in [2.75, 3.05) is 39.6 Å². The number of hydrogen-bond acceptors (Lipinski definition) is 12. The molecular weight excluding hydrogens is 627 g/mol. The van der Waals surface area contributed by atoms with E-state index in [1.165, 1.54) is 0 Å². The first-order valence-corrected chi connectivity index (χ1v) is 24.4. The number of esters is 3. The number of carbonyl (C=O) groups excluding carboxylic acids is 3. The Kier molecular flexibility index (Phi) is 17.6. The normalized spacial score (nSPS) is 16.3. The maximum atomic E-state index is 11.5. The molecule has 0 bridgehead atoms. The van der Waals surface area contributed by atoms with Crippen molar-refractivity contribution < 1.29 is 41.9 Å². The van der Waals surface area contributed by atoms with E-state index in [0.717, 1.165) is 18.2 Å². The molecule has 1 rings (SSSR count). The molecule has 0 radical (unpaired) electrons. The summed E-state index contributed by atoms with van der Waals surface area (Å²) in [6.45, 7) is 30.9. The van der Waals surface area contributed by atoms with Gasteiger partial charge in [-0.15, -0.1) is 0 Å². The largest absolute Gasteiger partial charge is 0.460 e. The highest BCUT2D eigenvalue weighted by Crippen LogP contribution is 2.31. The average Bonchev–Trinajstić information content (AvgIpc) is 3.01. The van der Waals surface area contributed by atoms with E-state index in [-0.39, 0.29) is 57.1 Å². The molecule has 0 aliphatic carbocycles. The van der Waals surface area contributed by atoms with Crippen molar-refractivity contribution in [1.29, 1.82) is 0 Å². The van der Waals surface area contributed by atoms with Gasteiger partial charge < -0.3 is 42.9 Å². The highest BCUT2D eigenvalue weighted by atomic mass is 28.4. The predicted molar refractivity (Wildman–Crippen MR) is 189 cm³/mol. The SMILES string of the molecule is C=CC(=O)OCCO[Si](C)(C)C(C)B1NB(C(C)[Si](C)(C)OCCOC(=O)C=C)NB(C(C)[Si](C)(C)OCCOC(=O)C=C)N1. The average molecular weight is 681 g/mol. The van der Waals surface area contributed by atoms with Gasteiger partial charge in [-0.1, -0.05) is 40.5 Å². The molecule has 1 saturated heterocycles. The zero-order chi connectivity index (χ0) is 34.4. The maximum Gasteiger partial charge on any atom is 0.330 e. The molecule has 1 aliphatic heterocycles. The molecule has 1 heterocycles. The second-order valence-electron chi connectivity index (χ2n) is 12.8. The van der Waals surface area contributed by atoms with Crippen LogP contribution in [0.15, 0.2) is 38.0 Å². The van der Waals surface area contributed by atoms with E-state index in [2.05, 4.69) is 95.2 Å². The van der Waals surface area contributed by atoms with Gasteiger partial charge in [0.2, 0.25) is 0 Å². The lowest BCUT2D eigenvalue weighted by atomic mass is 9.46. The van der Waals surface area contributed by atoms with Crippen LogP contribution in [0.4, 0.5) is 0 Å². The van der Waals surface area contributed by atoms with Crippen LogP contribution >= 0.6 is 0 Å². The summed E-state index contributed by atoms with van der Waals surface area (Å²) in [5.41, 5.74) is 0.353. The molecular formula is C27H54B3N3O9Si3. The van der Waals surface area contributed by atoms with Crippen LogP contribution in [0.25, 0.3) is 0 Å². The second kappa shape index (κ2) is 19.2. The Morgan fingerprint density at radius 2 is 0.756 bits per heavy atom. The number of ether oxygens (including phenoxy) is 3. The van der Waals surface area contributed by atoms with Crippen LogP contribution in [-0.4, -0.2) is 103 Å². The van der Waals surface area contributed by atoms with E-state index in [0.29, 0.717) is 19.8 Å². The number of rotatable bonds is 21. The summed E-state index contributed by atoms with van der Waals surface area (Å²) in [7, 11) is -6.90. The Bertz CT molecular complexity index is 897. The van der Waals surface area contributed by atoms with Gasteiger partial charge in [-0.25, -0.2) is 14.4 Å². The third kappa shape index (κ3) is 13.9. The molecule has 3 atom stereocenters. The second-order valence-corrected chi connectivity index (χ2v) is 26.0. The van der Waals surface area contributed by atoms with Crippen LogP contribution < -0.4 is 15.4 Å². The van der Waals surface area contributed by atoms with E-state index in [4.69, 9.17) is 27.5 Å². The van der Waals surface area contributed by atoms with Crippen molar-refractivity contribution in [3.05, 3.63) is 38.0 Å². The molecule has 18 heteroatoms. The molecule has 1 fully saturated rings. The Hall–Kier alpha value is -1.76. The van der Waals surface area contributed by atoms with Crippen LogP contribution in [0.3, 0.4) is 0 Å². The van der Waals surface area contributed by atoms with Crippen molar-refractivity contribution in [2.45, 2.75) is 76.4 Å². The highest BCUT2D eigenvalue weighted by molar-refractivity contribution is 7.01. The van der Waals surface area contributed by atoms with Crippen molar-refractivity contribution in [3.63, 3.8) is 0 Å². The first-order chi connectivity index (χ1) is 20.9. The zero-order valence-corrected chi connectivity index (χ0v) is 31.7. The van der Waals surface area contributed by atoms with Crippen LogP contribution in [0.1, 0.15) is 20.8 Å². The fourth-order valence-electron chi connectivity index (χ4n) is 4.71. The monoisotopic (exact) mass is 681 g/mol. The van der Waals surface area contributed by atoms with Gasteiger partial charge in [-0.3, -0.25) is 0 Å². The lowest BCUT2D eigenvalue weighted by Crippen LogP contribution is -2.81.